The molecule has 2 aliphatic rings. The van der Waals surface area contributed by atoms with Gasteiger partial charge in [-0.1, -0.05) is 45.6 Å². The van der Waals surface area contributed by atoms with Crippen LogP contribution in [0.2, 0.25) is 0 Å². The first-order valence-corrected chi connectivity index (χ1v) is 12.6. The Kier molecular flexibility index (Phi) is 8.49. The van der Waals surface area contributed by atoms with Gasteiger partial charge in [-0.3, -0.25) is 9.69 Å². The summed E-state index contributed by atoms with van der Waals surface area (Å²) in [7, 11) is 0. The Hall–Kier alpha value is -1.75. The molecule has 180 valence electrons. The fraction of sp³-hybridized carbons (Fsp3) is 0.741. The average molecular weight is 446 g/mol. The Morgan fingerprint density at radius 3 is 2.50 bits per heavy atom. The van der Waals surface area contributed by atoms with Crippen LogP contribution in [0.5, 0.6) is 11.5 Å². The van der Waals surface area contributed by atoms with Crippen molar-refractivity contribution in [1.82, 2.24) is 4.90 Å². The second-order valence-corrected chi connectivity index (χ2v) is 10.5. The molecule has 0 N–H and O–H groups in total. The number of unbranched alkanes of at least 4 members (excludes halogenated alkanes) is 4. The Labute approximate surface area is 194 Å². The fourth-order valence-electron chi connectivity index (χ4n) is 4.96. The van der Waals surface area contributed by atoms with Crippen LogP contribution < -0.4 is 9.47 Å². The van der Waals surface area contributed by atoms with E-state index in [9.17, 15) is 4.79 Å². The van der Waals surface area contributed by atoms with Crippen LogP contribution >= 0.6 is 0 Å². The van der Waals surface area contributed by atoms with E-state index in [0.29, 0.717) is 0 Å². The fourth-order valence-corrected chi connectivity index (χ4v) is 4.96. The smallest absolute Gasteiger partial charge is 0.323 e. The van der Waals surface area contributed by atoms with Crippen molar-refractivity contribution in [2.45, 2.75) is 103 Å². The van der Waals surface area contributed by atoms with Crippen molar-refractivity contribution >= 4 is 5.97 Å². The summed E-state index contributed by atoms with van der Waals surface area (Å²) in [5.74, 6) is 1.78. The number of likely N-dealkylation sites (tertiary alicyclic amines) is 1. The van der Waals surface area contributed by atoms with E-state index in [-0.39, 0.29) is 17.4 Å². The molecule has 32 heavy (non-hydrogen) atoms. The third-order valence-corrected chi connectivity index (χ3v) is 6.81. The SMILES string of the molecule is CCCCCCCOc1ccc2c(c1)OCC21CCN(C(CC)C(=O)OC(C)(C)C)CC1. The molecule has 0 amide bonds. The molecule has 5 nitrogen and oxygen atoms in total. The second kappa shape index (κ2) is 10.9. The molecule has 0 bridgehead atoms. The summed E-state index contributed by atoms with van der Waals surface area (Å²) in [4.78, 5) is 15.0. The van der Waals surface area contributed by atoms with Crippen molar-refractivity contribution in [3.8, 4) is 11.5 Å². The van der Waals surface area contributed by atoms with E-state index in [1.807, 2.05) is 20.8 Å². The van der Waals surface area contributed by atoms with Gasteiger partial charge in [-0.25, -0.2) is 0 Å². The first kappa shape index (κ1) is 24.9. The lowest BCUT2D eigenvalue weighted by atomic mass is 9.74. The maximum absolute atomic E-state index is 12.7. The molecule has 5 heteroatoms. The monoisotopic (exact) mass is 445 g/mol. The molecular formula is C27H43NO4. The number of nitrogens with zero attached hydrogens (tertiary/aromatic N) is 1. The zero-order valence-corrected chi connectivity index (χ0v) is 20.9. The summed E-state index contributed by atoms with van der Waals surface area (Å²) in [5, 5.41) is 0. The van der Waals surface area contributed by atoms with Gasteiger partial charge in [-0.05, 0) is 65.6 Å². The highest BCUT2D eigenvalue weighted by atomic mass is 16.6. The van der Waals surface area contributed by atoms with Crippen molar-refractivity contribution in [1.29, 1.82) is 0 Å². The van der Waals surface area contributed by atoms with Crippen LogP contribution in [0.1, 0.15) is 91.5 Å². The van der Waals surface area contributed by atoms with Gasteiger partial charge in [0.05, 0.1) is 13.2 Å². The molecule has 1 aromatic rings. The number of hydrogen-bond acceptors (Lipinski definition) is 5. The van der Waals surface area contributed by atoms with Gasteiger partial charge in [0.2, 0.25) is 0 Å². The summed E-state index contributed by atoms with van der Waals surface area (Å²) in [6.45, 7) is 13.4. The molecule has 1 atom stereocenters. The molecule has 1 unspecified atom stereocenters. The van der Waals surface area contributed by atoms with Gasteiger partial charge < -0.3 is 14.2 Å². The number of hydrogen-bond donors (Lipinski definition) is 0. The number of esters is 1. The number of ether oxygens (including phenoxy) is 3. The number of fused-ring (bicyclic) bond motifs is 2. The number of carbonyl (C=O) groups excluding carboxylic acids is 1. The Morgan fingerprint density at radius 2 is 1.84 bits per heavy atom. The van der Waals surface area contributed by atoms with E-state index in [1.54, 1.807) is 0 Å². The Bertz CT molecular complexity index is 747. The summed E-state index contributed by atoms with van der Waals surface area (Å²) in [6.07, 6.45) is 8.97. The molecule has 2 aliphatic heterocycles. The molecule has 3 rings (SSSR count). The van der Waals surface area contributed by atoms with Crippen LogP contribution in [0.15, 0.2) is 18.2 Å². The first-order chi connectivity index (χ1) is 15.3. The normalized spacial score (nSPS) is 18.8. The maximum atomic E-state index is 12.7. The molecule has 2 heterocycles. The van der Waals surface area contributed by atoms with Gasteiger partial charge in [0.1, 0.15) is 23.1 Å². The van der Waals surface area contributed by atoms with E-state index in [4.69, 9.17) is 14.2 Å². The van der Waals surface area contributed by atoms with Crippen molar-refractivity contribution < 1.29 is 19.0 Å². The predicted octanol–water partition coefficient (Wildman–Crippen LogP) is 5.88. The quantitative estimate of drug-likeness (QED) is 0.332. The number of carbonyl (C=O) groups is 1. The molecule has 0 aromatic heterocycles. The lowest BCUT2D eigenvalue weighted by Crippen LogP contribution is -2.51. The summed E-state index contributed by atoms with van der Waals surface area (Å²) in [6, 6.07) is 6.21. The van der Waals surface area contributed by atoms with Gasteiger partial charge >= 0.3 is 5.97 Å². The van der Waals surface area contributed by atoms with E-state index < -0.39 is 5.60 Å². The van der Waals surface area contributed by atoms with Crippen LogP contribution in [-0.4, -0.2) is 48.8 Å². The standard InChI is InChI=1S/C27H43NO4/c1-6-8-9-10-11-18-30-21-12-13-22-24(19-21)31-20-27(22)14-16-28(17-15-27)23(7-2)25(29)32-26(3,4)5/h12-13,19,23H,6-11,14-18,20H2,1-5H3. The van der Waals surface area contributed by atoms with E-state index in [2.05, 4.69) is 36.9 Å². The van der Waals surface area contributed by atoms with E-state index >= 15 is 0 Å². The third-order valence-electron chi connectivity index (χ3n) is 6.81. The molecule has 1 saturated heterocycles. The van der Waals surface area contributed by atoms with Crippen LogP contribution in [0.3, 0.4) is 0 Å². The summed E-state index contributed by atoms with van der Waals surface area (Å²) < 4.78 is 17.8. The minimum Gasteiger partial charge on any atom is -0.493 e. The van der Waals surface area contributed by atoms with Gasteiger partial charge in [0.15, 0.2) is 0 Å². The first-order valence-electron chi connectivity index (χ1n) is 12.6. The summed E-state index contributed by atoms with van der Waals surface area (Å²) >= 11 is 0. The van der Waals surface area contributed by atoms with Gasteiger partial charge in [-0.2, -0.15) is 0 Å². The highest BCUT2D eigenvalue weighted by Crippen LogP contribution is 2.47. The average Bonchev–Trinajstić information content (AvgIpc) is 3.09. The topological polar surface area (TPSA) is 48.0 Å². The van der Waals surface area contributed by atoms with Crippen LogP contribution in [0.4, 0.5) is 0 Å². The number of benzene rings is 1. The molecule has 1 fully saturated rings. The zero-order valence-electron chi connectivity index (χ0n) is 20.9. The minimum atomic E-state index is -0.449. The molecular weight excluding hydrogens is 402 g/mol. The predicted molar refractivity (Wildman–Crippen MR) is 129 cm³/mol. The third kappa shape index (κ3) is 6.18. The Morgan fingerprint density at radius 1 is 1.12 bits per heavy atom. The lowest BCUT2D eigenvalue weighted by Gasteiger charge is -2.41. The molecule has 1 aromatic carbocycles. The van der Waals surface area contributed by atoms with Crippen molar-refractivity contribution in [2.75, 3.05) is 26.3 Å². The molecule has 0 aliphatic carbocycles. The maximum Gasteiger partial charge on any atom is 0.323 e. The molecule has 0 radical (unpaired) electrons. The number of piperidine rings is 1. The molecule has 1 spiro atoms. The van der Waals surface area contributed by atoms with Crippen molar-refractivity contribution in [3.05, 3.63) is 23.8 Å². The lowest BCUT2D eigenvalue weighted by molar-refractivity contribution is -0.162. The minimum absolute atomic E-state index is 0.0523. The summed E-state index contributed by atoms with van der Waals surface area (Å²) in [5.41, 5.74) is 0.906. The van der Waals surface area contributed by atoms with Crippen LogP contribution in [0.25, 0.3) is 0 Å². The van der Waals surface area contributed by atoms with Crippen molar-refractivity contribution in [2.24, 2.45) is 0 Å². The zero-order chi connectivity index (χ0) is 23.2. The van der Waals surface area contributed by atoms with Gasteiger partial charge in [0.25, 0.3) is 0 Å². The Balaban J connectivity index is 1.55. The second-order valence-electron chi connectivity index (χ2n) is 10.5. The van der Waals surface area contributed by atoms with Gasteiger partial charge in [-0.15, -0.1) is 0 Å². The number of rotatable bonds is 10. The van der Waals surface area contributed by atoms with Crippen molar-refractivity contribution in [3.63, 3.8) is 0 Å². The van der Waals surface area contributed by atoms with Crippen LogP contribution in [-0.2, 0) is 14.9 Å². The highest BCUT2D eigenvalue weighted by Gasteiger charge is 2.45. The highest BCUT2D eigenvalue weighted by molar-refractivity contribution is 5.76. The largest absolute Gasteiger partial charge is 0.493 e. The molecule has 0 saturated carbocycles. The van der Waals surface area contributed by atoms with E-state index in [0.717, 1.165) is 63.5 Å². The van der Waals surface area contributed by atoms with Crippen LogP contribution in [0, 0.1) is 0 Å². The van der Waals surface area contributed by atoms with Gasteiger partial charge in [0, 0.05) is 17.0 Å². The van der Waals surface area contributed by atoms with E-state index in [1.165, 1.54) is 31.2 Å².